The third-order valence-electron chi connectivity index (χ3n) is 6.29. The van der Waals surface area contributed by atoms with Gasteiger partial charge in [0.15, 0.2) is 0 Å². The van der Waals surface area contributed by atoms with Crippen molar-refractivity contribution in [2.45, 2.75) is 25.6 Å². The van der Waals surface area contributed by atoms with E-state index in [2.05, 4.69) is 35.5 Å². The Morgan fingerprint density at radius 1 is 1.16 bits per heavy atom. The van der Waals surface area contributed by atoms with Crippen LogP contribution in [0.2, 0.25) is 0 Å². The lowest BCUT2D eigenvalue weighted by Crippen LogP contribution is -2.38. The number of carbonyl (C=O) groups excluding carboxylic acids is 2. The molecule has 0 bridgehead atoms. The van der Waals surface area contributed by atoms with Crippen molar-refractivity contribution in [3.8, 4) is 11.4 Å². The number of aromatic amines is 1. The minimum absolute atomic E-state index is 0.256. The summed E-state index contributed by atoms with van der Waals surface area (Å²) in [4.78, 5) is 41.1. The van der Waals surface area contributed by atoms with Gasteiger partial charge in [0.25, 0.3) is 11.1 Å². The predicted octanol–water partition coefficient (Wildman–Crippen LogP) is 4.22. The second kappa shape index (κ2) is 11.0. The Labute approximate surface area is 220 Å². The summed E-state index contributed by atoms with van der Waals surface area (Å²) in [6.45, 7) is 2.42. The molecule has 13 heteroatoms. The molecule has 5 heterocycles. The van der Waals surface area contributed by atoms with Crippen molar-refractivity contribution >= 4 is 34.9 Å². The molecular weight excluding hydrogens is 519 g/mol. The first-order valence-electron chi connectivity index (χ1n) is 12.0. The monoisotopic (exact) mass is 543 g/mol. The number of imide groups is 1. The molecule has 3 aromatic rings. The van der Waals surface area contributed by atoms with Crippen LogP contribution in [0.1, 0.15) is 29.8 Å². The maximum Gasteiger partial charge on any atom is 0.433 e. The molecule has 3 aromatic heterocycles. The van der Waals surface area contributed by atoms with Gasteiger partial charge in [-0.3, -0.25) is 14.9 Å². The van der Waals surface area contributed by atoms with Crippen LogP contribution in [0.4, 0.5) is 23.9 Å². The van der Waals surface area contributed by atoms with E-state index in [4.69, 9.17) is 0 Å². The van der Waals surface area contributed by atoms with Crippen molar-refractivity contribution in [1.29, 1.82) is 0 Å². The van der Waals surface area contributed by atoms with Gasteiger partial charge in [-0.15, -0.1) is 0 Å². The van der Waals surface area contributed by atoms with Crippen molar-refractivity contribution in [1.82, 2.24) is 30.6 Å². The number of amides is 2. The number of anilines is 1. The van der Waals surface area contributed by atoms with Crippen LogP contribution < -0.4 is 15.5 Å². The largest absolute Gasteiger partial charge is 0.433 e. The number of hydrogen-bond donors (Lipinski definition) is 3. The lowest BCUT2D eigenvalue weighted by Gasteiger charge is -2.32. The number of nitrogens with zero attached hydrogens (tertiary/aromatic N) is 4. The normalized spacial score (nSPS) is 17.9. The van der Waals surface area contributed by atoms with E-state index in [1.807, 2.05) is 0 Å². The molecule has 9 nitrogen and oxygen atoms in total. The summed E-state index contributed by atoms with van der Waals surface area (Å²) in [6, 6.07) is 7.84. The maximum atomic E-state index is 13.4. The first-order chi connectivity index (χ1) is 18.2. The average molecular weight is 544 g/mol. The maximum absolute atomic E-state index is 13.4. The Kier molecular flexibility index (Phi) is 7.47. The van der Waals surface area contributed by atoms with E-state index in [-0.39, 0.29) is 5.69 Å². The van der Waals surface area contributed by atoms with E-state index in [0.29, 0.717) is 46.8 Å². The topological polar surface area (TPSA) is 116 Å². The molecule has 0 unspecified atom stereocenters. The number of piperidine rings is 1. The van der Waals surface area contributed by atoms with E-state index in [1.165, 1.54) is 0 Å². The quantitative estimate of drug-likeness (QED) is 0.380. The number of H-pyrrole nitrogens is 1. The lowest BCUT2D eigenvalue weighted by atomic mass is 9.97. The number of thioether (sulfide) groups is 1. The van der Waals surface area contributed by atoms with Gasteiger partial charge >= 0.3 is 6.18 Å². The Morgan fingerprint density at radius 3 is 2.66 bits per heavy atom. The van der Waals surface area contributed by atoms with Crippen molar-refractivity contribution in [3.05, 3.63) is 64.6 Å². The Balaban J connectivity index is 1.16. The second-order valence-electron chi connectivity index (χ2n) is 9.02. The fourth-order valence-electron chi connectivity index (χ4n) is 4.37. The van der Waals surface area contributed by atoms with Crippen molar-refractivity contribution < 1.29 is 22.8 Å². The molecule has 0 radical (unpaired) electrons. The van der Waals surface area contributed by atoms with E-state index in [9.17, 15) is 22.8 Å². The summed E-state index contributed by atoms with van der Waals surface area (Å²) in [5.74, 6) is 0.470. The summed E-state index contributed by atoms with van der Waals surface area (Å²) >= 11 is 0.838. The fraction of sp³-hybridized carbons (Fsp3) is 0.320. The Hall–Kier alpha value is -3.71. The minimum atomic E-state index is -4.53. The third kappa shape index (κ3) is 6.22. The van der Waals surface area contributed by atoms with E-state index in [0.717, 1.165) is 43.8 Å². The molecule has 3 N–H and O–H groups in total. The summed E-state index contributed by atoms with van der Waals surface area (Å²) in [5.41, 5.74) is 0.939. The van der Waals surface area contributed by atoms with Crippen molar-refractivity contribution in [2.75, 3.05) is 24.5 Å². The van der Waals surface area contributed by atoms with Crippen LogP contribution >= 0.6 is 11.8 Å². The number of alkyl halides is 3. The van der Waals surface area contributed by atoms with Gasteiger partial charge in [-0.25, -0.2) is 15.0 Å². The molecular formula is C25H24F3N7O2S. The van der Waals surface area contributed by atoms with Gasteiger partial charge in [-0.2, -0.15) is 13.2 Å². The number of hydrogen-bond acceptors (Lipinski definition) is 8. The Bertz CT molecular complexity index is 1350. The van der Waals surface area contributed by atoms with Crippen LogP contribution in [-0.2, 0) is 17.5 Å². The van der Waals surface area contributed by atoms with Crippen molar-refractivity contribution in [2.24, 2.45) is 5.92 Å². The summed E-state index contributed by atoms with van der Waals surface area (Å²) < 4.78 is 40.2. The van der Waals surface area contributed by atoms with Crippen LogP contribution in [0.25, 0.3) is 17.5 Å². The van der Waals surface area contributed by atoms with E-state index >= 15 is 0 Å². The van der Waals surface area contributed by atoms with Gasteiger partial charge in [0, 0.05) is 32.0 Å². The predicted molar refractivity (Wildman–Crippen MR) is 137 cm³/mol. The van der Waals surface area contributed by atoms with E-state index < -0.39 is 23.0 Å². The summed E-state index contributed by atoms with van der Waals surface area (Å²) in [6.07, 6.45) is 2.04. The molecule has 0 aromatic carbocycles. The summed E-state index contributed by atoms with van der Waals surface area (Å²) in [7, 11) is 0. The van der Waals surface area contributed by atoms with Crippen LogP contribution in [0, 0.1) is 5.92 Å². The highest BCUT2D eigenvalue weighted by Gasteiger charge is 2.33. The molecule has 2 amide bonds. The van der Waals surface area contributed by atoms with Crippen molar-refractivity contribution in [3.63, 3.8) is 0 Å². The number of aromatic nitrogens is 4. The van der Waals surface area contributed by atoms with E-state index in [1.54, 1.807) is 42.7 Å². The van der Waals surface area contributed by atoms with Gasteiger partial charge in [0.2, 0.25) is 5.95 Å². The molecule has 0 spiro atoms. The van der Waals surface area contributed by atoms with Gasteiger partial charge in [-0.05, 0) is 79.0 Å². The summed E-state index contributed by atoms with van der Waals surface area (Å²) in [5, 5.41) is 5.12. The number of nitrogens with one attached hydrogen (secondary N) is 3. The Morgan fingerprint density at radius 2 is 1.97 bits per heavy atom. The number of halogens is 3. The molecule has 0 saturated carbocycles. The van der Waals surface area contributed by atoms with Gasteiger partial charge in [-0.1, -0.05) is 0 Å². The smallest absolute Gasteiger partial charge is 0.360 e. The highest BCUT2D eigenvalue weighted by molar-refractivity contribution is 8.18. The molecule has 2 fully saturated rings. The van der Waals surface area contributed by atoms with Crippen LogP contribution in [-0.4, -0.2) is 50.7 Å². The molecule has 2 aliphatic heterocycles. The minimum Gasteiger partial charge on any atom is -0.360 e. The SMILES string of the molecule is O=C1NC(=O)/C(=C\c2ccnc(N3CCC(CNCc4cc(-c5ccc[nH]5)nc(C(F)(F)F)c4)CC3)n2)S1. The number of pyridine rings is 1. The van der Waals surface area contributed by atoms with Crippen LogP contribution in [0.15, 0.2) is 47.6 Å². The zero-order valence-corrected chi connectivity index (χ0v) is 20.9. The lowest BCUT2D eigenvalue weighted by molar-refractivity contribution is -0.141. The highest BCUT2D eigenvalue weighted by atomic mass is 32.2. The molecule has 38 heavy (non-hydrogen) atoms. The zero-order valence-electron chi connectivity index (χ0n) is 20.1. The van der Waals surface area contributed by atoms with Crippen LogP contribution in [0.5, 0.6) is 0 Å². The molecule has 0 atom stereocenters. The zero-order chi connectivity index (χ0) is 26.7. The van der Waals surface area contributed by atoms with Crippen LogP contribution in [0.3, 0.4) is 0 Å². The number of carbonyl (C=O) groups is 2. The first-order valence-corrected chi connectivity index (χ1v) is 12.8. The molecule has 198 valence electrons. The first kappa shape index (κ1) is 25.9. The highest BCUT2D eigenvalue weighted by Crippen LogP contribution is 2.31. The second-order valence-corrected chi connectivity index (χ2v) is 10.0. The average Bonchev–Trinajstić information content (AvgIpc) is 3.54. The number of rotatable bonds is 7. The van der Waals surface area contributed by atoms with Gasteiger partial charge in [0.05, 0.1) is 22.0 Å². The third-order valence-corrected chi connectivity index (χ3v) is 7.11. The molecule has 5 rings (SSSR count). The molecule has 0 aliphatic carbocycles. The van der Waals surface area contributed by atoms with Gasteiger partial charge < -0.3 is 15.2 Å². The molecule has 2 aliphatic rings. The van der Waals surface area contributed by atoms with Gasteiger partial charge in [0.1, 0.15) is 5.69 Å². The fourth-order valence-corrected chi connectivity index (χ4v) is 5.04. The molecule has 2 saturated heterocycles. The standard InChI is InChI=1S/C25H24F3N7O2S/c26-25(27,28)21-11-16(10-19(33-21)18-2-1-6-30-18)14-29-13-15-4-8-35(9-5-15)23-31-7-3-17(32-23)12-20-22(36)34-24(37)38-20/h1-3,6-7,10-12,15,29-30H,4-5,8-9,13-14H2,(H,34,36,37)/b20-12+.